The van der Waals surface area contributed by atoms with Gasteiger partial charge in [-0.15, -0.1) is 11.3 Å². The van der Waals surface area contributed by atoms with Crippen molar-refractivity contribution in [2.24, 2.45) is 17.3 Å². The summed E-state index contributed by atoms with van der Waals surface area (Å²) in [5, 5.41) is 27.7. The molecule has 17 heteroatoms. The molecule has 15 nitrogen and oxygen atoms in total. The number of hydrogen-bond acceptors (Lipinski definition) is 11. The summed E-state index contributed by atoms with van der Waals surface area (Å²) in [7, 11) is 1.50. The molecule has 0 spiro atoms. The average molecular weight is 907 g/mol. The molecule has 2 aromatic carbocycles. The SMILES string of the molecule is COc1cc(OC2CCN(CC3CCC(COc4cc(-c5scnc5C)ccc4CNC(=O)[C@@H]4C[C@@H](O)CN4C(=O)[C@@H](NC(=O)C4(F)CC4)C(C)(C)C)CC3)CC2)ccc1NC(=O)O. The average Bonchev–Trinajstić information content (AvgIpc) is 3.67. The number of likely N-dealkylation sites (tertiary alicyclic amines) is 2. The van der Waals surface area contributed by atoms with E-state index in [1.807, 2.05) is 30.6 Å². The molecule has 4 aliphatic rings. The number of nitrogens with one attached hydrogen (secondary N) is 3. The molecular weight excluding hydrogens is 844 g/mol. The van der Waals surface area contributed by atoms with Crippen molar-refractivity contribution in [1.29, 1.82) is 0 Å². The van der Waals surface area contributed by atoms with Crippen molar-refractivity contribution in [3.8, 4) is 27.7 Å². The number of β-amino-alcohol motifs (C(OH)–C–C–N with tert-alkyl or cyclic N) is 1. The molecule has 2 aliphatic heterocycles. The number of ether oxygens (including phenoxy) is 3. The number of nitrogens with zero attached hydrogens (tertiary/aromatic N) is 3. The smallest absolute Gasteiger partial charge is 0.409 e. The minimum atomic E-state index is -1.96. The van der Waals surface area contributed by atoms with E-state index in [-0.39, 0.29) is 38.5 Å². The summed E-state index contributed by atoms with van der Waals surface area (Å²) in [6, 6.07) is 9.02. The number of hydrogen-bond donors (Lipinski definition) is 5. The van der Waals surface area contributed by atoms with Crippen LogP contribution in [-0.4, -0.2) is 119 Å². The fourth-order valence-corrected chi connectivity index (χ4v) is 9.89. The Balaban J connectivity index is 0.916. The summed E-state index contributed by atoms with van der Waals surface area (Å²) in [6.45, 7) is 10.8. The first-order valence-electron chi connectivity index (χ1n) is 22.5. The minimum absolute atomic E-state index is 0.0414. The van der Waals surface area contributed by atoms with Gasteiger partial charge >= 0.3 is 6.09 Å². The van der Waals surface area contributed by atoms with Crippen molar-refractivity contribution in [3.63, 3.8) is 0 Å². The Labute approximate surface area is 378 Å². The van der Waals surface area contributed by atoms with Gasteiger partial charge < -0.3 is 44.9 Å². The number of carboxylic acid groups (broad SMARTS) is 1. The van der Waals surface area contributed by atoms with Gasteiger partial charge in [0, 0.05) is 50.8 Å². The standard InChI is InChI=1S/C47H63FN6O9S/c1-28-40(64-27-50-28)31-10-11-32(23-49-42(56)37-21-33(55)25-54(37)43(57)41(46(2,3)4)52-44(58)47(48)16-17-47)38(20-31)62-26-30-8-6-29(7-9-30)24-53-18-14-34(15-19-53)63-35-12-13-36(51-45(59)60)39(22-35)61-5/h10-13,20,22,27,29-30,33-34,37,41,51,55H,6-9,14-19,21,23-26H2,1-5H3,(H,49,56)(H,52,58)(H,59,60)/t29?,30?,33-,37+,41-/m1/s1. The highest BCUT2D eigenvalue weighted by Gasteiger charge is 2.53. The predicted octanol–water partition coefficient (Wildman–Crippen LogP) is 6.56. The fourth-order valence-electron chi connectivity index (χ4n) is 9.09. The molecule has 1 aromatic heterocycles. The van der Waals surface area contributed by atoms with Crippen LogP contribution in [0.15, 0.2) is 41.9 Å². The first-order chi connectivity index (χ1) is 30.5. The Hall–Kier alpha value is -5.00. The molecule has 3 aromatic rings. The van der Waals surface area contributed by atoms with Gasteiger partial charge in [0.05, 0.1) is 41.6 Å². The van der Waals surface area contributed by atoms with Gasteiger partial charge in [-0.25, -0.2) is 14.2 Å². The van der Waals surface area contributed by atoms with Crippen molar-refractivity contribution in [2.45, 2.75) is 122 Å². The molecule has 2 saturated carbocycles. The lowest BCUT2D eigenvalue weighted by Crippen LogP contribution is -2.59. The van der Waals surface area contributed by atoms with Crippen LogP contribution in [0.1, 0.15) is 89.8 Å². The molecule has 5 N–H and O–H groups in total. The maximum absolute atomic E-state index is 14.7. The van der Waals surface area contributed by atoms with Crippen LogP contribution >= 0.6 is 11.3 Å². The number of anilines is 1. The molecule has 4 fully saturated rings. The van der Waals surface area contributed by atoms with Crippen LogP contribution in [0.2, 0.25) is 0 Å². The Morgan fingerprint density at radius 1 is 1.00 bits per heavy atom. The number of piperidine rings is 1. The lowest BCUT2D eigenvalue weighted by molar-refractivity contribution is -0.145. The van der Waals surface area contributed by atoms with E-state index in [1.165, 1.54) is 12.0 Å². The van der Waals surface area contributed by atoms with E-state index in [1.54, 1.807) is 50.3 Å². The number of thiazole rings is 1. The van der Waals surface area contributed by atoms with Gasteiger partial charge in [0.1, 0.15) is 35.4 Å². The Kier molecular flexibility index (Phi) is 14.7. The van der Waals surface area contributed by atoms with Gasteiger partial charge in [0.2, 0.25) is 11.8 Å². The molecule has 0 bridgehead atoms. The molecule has 2 aliphatic carbocycles. The summed E-state index contributed by atoms with van der Waals surface area (Å²) >= 11 is 1.55. The van der Waals surface area contributed by atoms with E-state index in [0.717, 1.165) is 79.9 Å². The van der Waals surface area contributed by atoms with Crippen molar-refractivity contribution in [2.75, 3.05) is 45.2 Å². The van der Waals surface area contributed by atoms with Crippen LogP contribution in [-0.2, 0) is 20.9 Å². The van der Waals surface area contributed by atoms with E-state index in [9.17, 15) is 28.7 Å². The molecule has 348 valence electrons. The third-order valence-corrected chi connectivity index (χ3v) is 14.1. The van der Waals surface area contributed by atoms with Crippen LogP contribution in [0.4, 0.5) is 14.9 Å². The lowest BCUT2D eigenvalue weighted by Gasteiger charge is -2.36. The molecule has 7 rings (SSSR count). The van der Waals surface area contributed by atoms with Crippen LogP contribution in [0.5, 0.6) is 17.2 Å². The van der Waals surface area contributed by atoms with Gasteiger partial charge in [-0.3, -0.25) is 19.7 Å². The van der Waals surface area contributed by atoms with Crippen molar-refractivity contribution < 1.29 is 48.0 Å². The maximum Gasteiger partial charge on any atom is 0.409 e. The van der Waals surface area contributed by atoms with Crippen LogP contribution in [0, 0.1) is 24.2 Å². The van der Waals surface area contributed by atoms with Crippen molar-refractivity contribution in [3.05, 3.63) is 53.2 Å². The highest BCUT2D eigenvalue weighted by atomic mass is 32.1. The number of carbonyl (C=O) groups is 4. The van der Waals surface area contributed by atoms with E-state index in [4.69, 9.17) is 19.3 Å². The number of methoxy groups -OCH3 is 1. The second kappa shape index (κ2) is 20.0. The van der Waals surface area contributed by atoms with Gasteiger partial charge in [0.25, 0.3) is 5.91 Å². The molecule has 3 atom stereocenters. The number of aromatic nitrogens is 1. The number of aliphatic hydroxyl groups is 1. The fraction of sp³-hybridized carbons (Fsp3) is 0.596. The normalized spacial score (nSPS) is 22.9. The summed E-state index contributed by atoms with van der Waals surface area (Å²) < 4.78 is 32.9. The largest absolute Gasteiger partial charge is 0.494 e. The Bertz CT molecular complexity index is 2140. The quantitative estimate of drug-likeness (QED) is 0.105. The van der Waals surface area contributed by atoms with E-state index in [2.05, 4.69) is 25.8 Å². The third kappa shape index (κ3) is 11.6. The van der Waals surface area contributed by atoms with Gasteiger partial charge in [-0.05, 0) is 99.3 Å². The first-order valence-corrected chi connectivity index (χ1v) is 23.4. The topological polar surface area (TPSA) is 192 Å². The Morgan fingerprint density at radius 3 is 2.36 bits per heavy atom. The Morgan fingerprint density at radius 2 is 1.72 bits per heavy atom. The van der Waals surface area contributed by atoms with E-state index in [0.29, 0.717) is 41.4 Å². The molecule has 0 unspecified atom stereocenters. The number of aryl methyl sites for hydroxylation is 1. The highest BCUT2D eigenvalue weighted by Crippen LogP contribution is 2.41. The molecule has 4 amide bonds. The van der Waals surface area contributed by atoms with E-state index < -0.39 is 53.1 Å². The third-order valence-electron chi connectivity index (χ3n) is 13.1. The first kappa shape index (κ1) is 47.0. The zero-order chi connectivity index (χ0) is 45.8. The minimum Gasteiger partial charge on any atom is -0.494 e. The van der Waals surface area contributed by atoms with Crippen LogP contribution in [0.3, 0.4) is 0 Å². The maximum atomic E-state index is 14.7. The predicted molar refractivity (Wildman–Crippen MR) is 240 cm³/mol. The summed E-state index contributed by atoms with van der Waals surface area (Å²) in [5.41, 5.74) is 2.12. The molecule has 64 heavy (non-hydrogen) atoms. The second-order valence-corrected chi connectivity index (χ2v) is 19.9. The number of halogens is 1. The van der Waals surface area contributed by atoms with Gasteiger partial charge in [0.15, 0.2) is 5.67 Å². The molecule has 3 heterocycles. The summed E-state index contributed by atoms with van der Waals surface area (Å²) in [5.74, 6) is 0.933. The summed E-state index contributed by atoms with van der Waals surface area (Å²) in [4.78, 5) is 60.9. The van der Waals surface area contributed by atoms with E-state index >= 15 is 0 Å². The zero-order valence-electron chi connectivity index (χ0n) is 37.5. The number of benzene rings is 2. The molecule has 2 saturated heterocycles. The number of aliphatic hydroxyl groups excluding tert-OH is 1. The second-order valence-electron chi connectivity index (χ2n) is 19.0. The van der Waals surface area contributed by atoms with Crippen LogP contribution < -0.4 is 30.2 Å². The number of alkyl halides is 1. The highest BCUT2D eigenvalue weighted by molar-refractivity contribution is 7.13. The number of amides is 4. The van der Waals surface area contributed by atoms with Gasteiger partial charge in [-0.1, -0.05) is 32.9 Å². The monoisotopic (exact) mass is 906 g/mol. The molecular formula is C47H63FN6O9S. The summed E-state index contributed by atoms with van der Waals surface area (Å²) in [6.07, 6.45) is 4.39. The van der Waals surface area contributed by atoms with Crippen LogP contribution in [0.25, 0.3) is 10.4 Å². The number of carbonyl (C=O) groups excluding carboxylic acids is 3. The zero-order valence-corrected chi connectivity index (χ0v) is 38.3. The van der Waals surface area contributed by atoms with Gasteiger partial charge in [-0.2, -0.15) is 0 Å². The lowest BCUT2D eigenvalue weighted by atomic mass is 9.82. The molecule has 0 radical (unpaired) electrons. The van der Waals surface area contributed by atoms with Crippen molar-refractivity contribution >= 4 is 40.8 Å². The number of rotatable bonds is 16. The van der Waals surface area contributed by atoms with Crippen molar-refractivity contribution in [1.82, 2.24) is 25.4 Å².